The Labute approximate surface area is 196 Å². The minimum atomic E-state index is -0.434. The molecule has 0 aromatic heterocycles. The van der Waals surface area contributed by atoms with E-state index >= 15 is 0 Å². The number of thiocarbonyl (C=S) groups is 1. The summed E-state index contributed by atoms with van der Waals surface area (Å²) in [5.74, 6) is -0.223. The van der Waals surface area contributed by atoms with Gasteiger partial charge in [-0.3, -0.25) is 14.9 Å². The van der Waals surface area contributed by atoms with Crippen LogP contribution < -0.4 is 20.7 Å². The average Bonchev–Trinajstić information content (AvgIpc) is 2.75. The van der Waals surface area contributed by atoms with Crippen LogP contribution in [0.3, 0.4) is 0 Å². The number of hydrogen-bond donors (Lipinski definition) is 3. The number of carbonyl (C=O) groups excluding carboxylic acids is 2. The molecule has 0 spiro atoms. The van der Waals surface area contributed by atoms with Gasteiger partial charge in [-0.2, -0.15) is 0 Å². The maximum absolute atomic E-state index is 12.8. The fraction of sp³-hybridized carbons (Fsp3) is 0.318. The number of nitrogens with one attached hydrogen (secondary N) is 3. The lowest BCUT2D eigenvalue weighted by Gasteiger charge is -2.15. The minimum Gasteiger partial charge on any atom is -0.490 e. The van der Waals surface area contributed by atoms with Crippen molar-refractivity contribution in [1.29, 1.82) is 0 Å². The Morgan fingerprint density at radius 1 is 1.06 bits per heavy atom. The van der Waals surface area contributed by atoms with E-state index in [1.165, 1.54) is 0 Å². The number of para-hydroxylation sites is 1. The highest BCUT2D eigenvalue weighted by atomic mass is 79.9. The smallest absolute Gasteiger partial charge is 0.261 e. The van der Waals surface area contributed by atoms with Gasteiger partial charge in [-0.15, -0.1) is 0 Å². The van der Waals surface area contributed by atoms with E-state index in [2.05, 4.69) is 38.8 Å². The van der Waals surface area contributed by atoms with Gasteiger partial charge < -0.3 is 20.1 Å². The van der Waals surface area contributed by atoms with Crippen molar-refractivity contribution < 1.29 is 19.1 Å². The first-order valence-corrected chi connectivity index (χ1v) is 11.1. The molecule has 2 aromatic carbocycles. The van der Waals surface area contributed by atoms with Crippen LogP contribution in [0.5, 0.6) is 5.75 Å². The van der Waals surface area contributed by atoms with Crippen LogP contribution in [0.4, 0.5) is 5.69 Å². The third-order valence-electron chi connectivity index (χ3n) is 4.19. The molecule has 9 heteroatoms. The van der Waals surface area contributed by atoms with E-state index in [0.29, 0.717) is 42.3 Å². The number of hydrogen-bond acceptors (Lipinski definition) is 5. The van der Waals surface area contributed by atoms with Crippen LogP contribution in [0, 0.1) is 0 Å². The van der Waals surface area contributed by atoms with Crippen molar-refractivity contribution in [2.45, 2.75) is 19.8 Å². The van der Waals surface area contributed by atoms with Crippen LogP contribution in [0.1, 0.15) is 40.5 Å². The van der Waals surface area contributed by atoms with Gasteiger partial charge >= 0.3 is 0 Å². The second kappa shape index (κ2) is 13.0. The fourth-order valence-electron chi connectivity index (χ4n) is 2.63. The molecule has 0 bridgehead atoms. The molecule has 31 heavy (non-hydrogen) atoms. The molecule has 0 aliphatic rings. The number of ether oxygens (including phenoxy) is 2. The first kappa shape index (κ1) is 24.8. The number of halogens is 1. The Morgan fingerprint density at radius 2 is 1.84 bits per heavy atom. The van der Waals surface area contributed by atoms with E-state index in [-0.39, 0.29) is 11.0 Å². The summed E-state index contributed by atoms with van der Waals surface area (Å²) in [6.07, 6.45) is 1.89. The van der Waals surface area contributed by atoms with Crippen LogP contribution >= 0.6 is 28.1 Å². The van der Waals surface area contributed by atoms with Crippen LogP contribution in [-0.4, -0.2) is 43.8 Å². The third-order valence-corrected chi connectivity index (χ3v) is 4.89. The van der Waals surface area contributed by atoms with E-state index < -0.39 is 5.91 Å². The highest BCUT2D eigenvalue weighted by Crippen LogP contribution is 2.23. The molecule has 0 saturated heterocycles. The van der Waals surface area contributed by atoms with Gasteiger partial charge in [0.05, 0.1) is 23.4 Å². The molecule has 0 aliphatic carbocycles. The number of benzene rings is 2. The summed E-state index contributed by atoms with van der Waals surface area (Å²) in [5.41, 5.74) is 1.27. The molecule has 0 heterocycles. The monoisotopic (exact) mass is 507 g/mol. The summed E-state index contributed by atoms with van der Waals surface area (Å²) in [5, 5.41) is 8.52. The predicted octanol–water partition coefficient (Wildman–Crippen LogP) is 4.13. The number of unbranched alkanes of at least 4 members (excludes halogenated alkanes) is 1. The van der Waals surface area contributed by atoms with E-state index in [9.17, 15) is 9.59 Å². The number of carbonyl (C=O) groups is 2. The number of rotatable bonds is 10. The number of methoxy groups -OCH3 is 1. The molecular formula is C22H26BrN3O4S. The third kappa shape index (κ3) is 7.93. The maximum atomic E-state index is 12.8. The van der Waals surface area contributed by atoms with E-state index in [1.807, 2.05) is 0 Å². The van der Waals surface area contributed by atoms with Crippen LogP contribution in [-0.2, 0) is 4.74 Å². The lowest BCUT2D eigenvalue weighted by Crippen LogP contribution is -2.35. The van der Waals surface area contributed by atoms with Gasteiger partial charge in [-0.05, 0) is 49.0 Å². The Bertz CT molecular complexity index is 923. The summed E-state index contributed by atoms with van der Waals surface area (Å²) in [6.45, 7) is 3.36. The van der Waals surface area contributed by atoms with Crippen molar-refractivity contribution >= 4 is 50.8 Å². The van der Waals surface area contributed by atoms with Gasteiger partial charge in [0, 0.05) is 18.1 Å². The molecule has 7 nitrogen and oxygen atoms in total. The lowest BCUT2D eigenvalue weighted by atomic mass is 10.1. The van der Waals surface area contributed by atoms with Gasteiger partial charge in [0.1, 0.15) is 12.4 Å². The van der Waals surface area contributed by atoms with E-state index in [4.69, 9.17) is 21.7 Å². The second-order valence-electron chi connectivity index (χ2n) is 6.55. The lowest BCUT2D eigenvalue weighted by molar-refractivity contribution is 0.0951. The normalized spacial score (nSPS) is 10.3. The molecule has 3 N–H and O–H groups in total. The first-order valence-electron chi connectivity index (χ1n) is 9.87. The zero-order valence-electron chi connectivity index (χ0n) is 17.5. The van der Waals surface area contributed by atoms with Crippen LogP contribution in [0.2, 0.25) is 0 Å². The zero-order chi connectivity index (χ0) is 22.6. The summed E-state index contributed by atoms with van der Waals surface area (Å²) < 4.78 is 11.3. The molecule has 166 valence electrons. The van der Waals surface area contributed by atoms with E-state index in [1.54, 1.807) is 49.6 Å². The summed E-state index contributed by atoms with van der Waals surface area (Å²) in [7, 11) is 1.57. The number of amides is 2. The zero-order valence-corrected chi connectivity index (χ0v) is 19.9. The molecule has 0 aliphatic heterocycles. The molecule has 0 saturated carbocycles. The molecule has 0 unspecified atom stereocenters. The van der Waals surface area contributed by atoms with Crippen molar-refractivity contribution in [3.63, 3.8) is 0 Å². The molecule has 2 rings (SSSR count). The average molecular weight is 508 g/mol. The predicted molar refractivity (Wildman–Crippen MR) is 129 cm³/mol. The molecular weight excluding hydrogens is 482 g/mol. The van der Waals surface area contributed by atoms with Crippen molar-refractivity contribution in [2.24, 2.45) is 0 Å². The SMILES string of the molecule is CCCCNC(=O)c1ccccc1NC(=S)NC(=O)c1cc(Br)ccc1OCCOC. The quantitative estimate of drug-likeness (QED) is 0.331. The van der Waals surface area contributed by atoms with Crippen molar-refractivity contribution in [3.05, 3.63) is 58.1 Å². The van der Waals surface area contributed by atoms with Crippen LogP contribution in [0.25, 0.3) is 0 Å². The van der Waals surface area contributed by atoms with Gasteiger partial charge in [0.15, 0.2) is 5.11 Å². The standard InChI is InChI=1S/C22H26BrN3O4S/c1-3-4-11-24-20(27)16-7-5-6-8-18(16)25-22(31)26-21(28)17-14-15(23)9-10-19(17)30-13-12-29-2/h5-10,14H,3-4,11-13H2,1-2H3,(H,24,27)(H2,25,26,28,31). The highest BCUT2D eigenvalue weighted by Gasteiger charge is 2.16. The summed E-state index contributed by atoms with van der Waals surface area (Å²) in [4.78, 5) is 25.3. The van der Waals surface area contributed by atoms with E-state index in [0.717, 1.165) is 17.3 Å². The minimum absolute atomic E-state index is 0.0709. The molecule has 2 amide bonds. The molecule has 0 radical (unpaired) electrons. The van der Waals surface area contributed by atoms with Gasteiger partial charge in [0.25, 0.3) is 11.8 Å². The summed E-state index contributed by atoms with van der Waals surface area (Å²) >= 11 is 8.66. The first-order chi connectivity index (χ1) is 15.0. The van der Waals surface area contributed by atoms with Crippen molar-refractivity contribution in [2.75, 3.05) is 32.2 Å². The summed E-state index contributed by atoms with van der Waals surface area (Å²) in [6, 6.07) is 12.1. The molecule has 0 fully saturated rings. The Morgan fingerprint density at radius 3 is 2.58 bits per heavy atom. The largest absolute Gasteiger partial charge is 0.490 e. The highest BCUT2D eigenvalue weighted by molar-refractivity contribution is 9.10. The second-order valence-corrected chi connectivity index (χ2v) is 7.87. The molecule has 0 atom stereocenters. The molecule has 2 aromatic rings. The maximum Gasteiger partial charge on any atom is 0.261 e. The van der Waals surface area contributed by atoms with Gasteiger partial charge in [-0.25, -0.2) is 0 Å². The Balaban J connectivity index is 2.08. The van der Waals surface area contributed by atoms with Crippen LogP contribution in [0.15, 0.2) is 46.9 Å². The van der Waals surface area contributed by atoms with Crippen molar-refractivity contribution in [3.8, 4) is 5.75 Å². The van der Waals surface area contributed by atoms with Gasteiger partial charge in [0.2, 0.25) is 0 Å². The topological polar surface area (TPSA) is 88.7 Å². The fourth-order valence-corrected chi connectivity index (χ4v) is 3.19. The Hall–Kier alpha value is -2.49. The van der Waals surface area contributed by atoms with Gasteiger partial charge in [-0.1, -0.05) is 41.4 Å². The van der Waals surface area contributed by atoms with Crippen molar-refractivity contribution in [1.82, 2.24) is 10.6 Å². The Kier molecular flexibility index (Phi) is 10.4. The number of anilines is 1.